The number of nitrogen functional groups attached to an aromatic ring is 1. The van der Waals surface area contributed by atoms with Crippen LogP contribution >= 0.6 is 0 Å². The number of urea groups is 1. The maximum atomic E-state index is 13.1. The minimum Gasteiger partial charge on any atom is -0.458 e. The van der Waals surface area contributed by atoms with Crippen LogP contribution in [-0.2, 0) is 44.6 Å². The lowest BCUT2D eigenvalue weighted by molar-refractivity contribution is -0.164. The van der Waals surface area contributed by atoms with Crippen LogP contribution in [-0.4, -0.2) is 77.7 Å². The molecule has 0 saturated heterocycles. The fourth-order valence-electron chi connectivity index (χ4n) is 4.47. The van der Waals surface area contributed by atoms with E-state index in [0.29, 0.717) is 29.5 Å². The van der Waals surface area contributed by atoms with E-state index in [-0.39, 0.29) is 30.9 Å². The molecule has 0 fully saturated rings. The van der Waals surface area contributed by atoms with Crippen LogP contribution in [0.3, 0.4) is 0 Å². The molecule has 2 atom stereocenters. The van der Waals surface area contributed by atoms with Crippen molar-refractivity contribution in [1.29, 1.82) is 0 Å². The molecule has 16 heteroatoms. The third kappa shape index (κ3) is 16.0. The molecule has 0 unspecified atom stereocenters. The minimum atomic E-state index is -1.45. The van der Waals surface area contributed by atoms with Gasteiger partial charge in [0.25, 0.3) is 0 Å². The summed E-state index contributed by atoms with van der Waals surface area (Å²) in [7, 11) is 0. The van der Waals surface area contributed by atoms with Crippen LogP contribution in [0.5, 0.6) is 0 Å². The molecule has 16 nitrogen and oxygen atoms in total. The van der Waals surface area contributed by atoms with E-state index < -0.39 is 70.9 Å². The summed E-state index contributed by atoms with van der Waals surface area (Å²) in [5.41, 5.74) is 3.57. The topological polar surface area (TPSA) is 234 Å². The van der Waals surface area contributed by atoms with E-state index in [2.05, 4.69) is 21.3 Å². The van der Waals surface area contributed by atoms with Crippen molar-refractivity contribution in [1.82, 2.24) is 21.3 Å². The predicted octanol–water partition coefficient (Wildman–Crippen LogP) is 2.38. The first-order valence-corrected chi connectivity index (χ1v) is 16.6. The summed E-state index contributed by atoms with van der Waals surface area (Å²) in [6, 6.07) is 2.53. The Morgan fingerprint density at radius 3 is 1.92 bits per heavy atom. The number of hydrogen-bond acceptors (Lipinski definition) is 12. The van der Waals surface area contributed by atoms with E-state index in [0.717, 1.165) is 0 Å². The first-order chi connectivity index (χ1) is 23.4. The van der Waals surface area contributed by atoms with Crippen molar-refractivity contribution in [3.63, 3.8) is 0 Å². The van der Waals surface area contributed by atoms with Gasteiger partial charge in [-0.15, -0.1) is 0 Å². The van der Waals surface area contributed by atoms with Crippen LogP contribution in [0.2, 0.25) is 0 Å². The summed E-state index contributed by atoms with van der Waals surface area (Å²) in [6.45, 7) is 14.3. The molecule has 1 aromatic heterocycles. The molecule has 2 aromatic rings. The van der Waals surface area contributed by atoms with E-state index >= 15 is 0 Å². The summed E-state index contributed by atoms with van der Waals surface area (Å²) in [6.07, 6.45) is 0.810. The van der Waals surface area contributed by atoms with Gasteiger partial charge >= 0.3 is 35.5 Å². The summed E-state index contributed by atoms with van der Waals surface area (Å²) < 4.78 is 21.1. The van der Waals surface area contributed by atoms with Crippen LogP contribution in [0.1, 0.15) is 87.1 Å². The molecule has 6 N–H and O–H groups in total. The molecule has 0 aliphatic heterocycles. The van der Waals surface area contributed by atoms with Crippen molar-refractivity contribution in [2.75, 3.05) is 18.8 Å². The monoisotopic (exact) mass is 717 g/mol. The lowest BCUT2D eigenvalue weighted by atomic mass is 10.1. The highest BCUT2D eigenvalue weighted by atomic mass is 16.6. The van der Waals surface area contributed by atoms with Gasteiger partial charge in [-0.05, 0) is 99.3 Å². The SMILES string of the molecule is CC(C)(C)OC(=O)C(=O)NC[C@H](NC(=O)N[C@@H](CCCCNC(=O)Cc1cc(=O)oc2cc(N)ccc12)C(=O)OC(C)(C)C)C(=O)OC(C)(C)C. The summed E-state index contributed by atoms with van der Waals surface area (Å²) >= 11 is 0. The number of ether oxygens (including phenoxy) is 3. The highest BCUT2D eigenvalue weighted by Crippen LogP contribution is 2.20. The summed E-state index contributed by atoms with van der Waals surface area (Å²) in [4.78, 5) is 88.2. The first-order valence-electron chi connectivity index (χ1n) is 16.6. The standard InChI is InChI=1S/C35H51N5O11/c1-33(2,3)49-29(44)23(12-10-11-15-37-26(41)16-20-17-27(42)48-25-18-21(36)13-14-22(20)25)39-32(47)40-24(30(45)50-34(4,5)6)19-38-28(43)31(46)51-35(7,8)9/h13-14,17-18,23-24H,10-12,15-16,19,36H2,1-9H3,(H,37,41)(H,38,43)(H2,39,40,47)/t23-,24-/m0/s1. The number of nitrogens with one attached hydrogen (secondary N) is 4. The van der Waals surface area contributed by atoms with Gasteiger partial charge in [0, 0.05) is 36.3 Å². The van der Waals surface area contributed by atoms with E-state index in [1.165, 1.54) is 12.1 Å². The maximum absolute atomic E-state index is 13.1. The number of carbonyl (C=O) groups excluding carboxylic acids is 6. The molecule has 0 aliphatic rings. The van der Waals surface area contributed by atoms with Gasteiger partial charge < -0.3 is 45.6 Å². The molecular formula is C35H51N5O11. The van der Waals surface area contributed by atoms with Crippen molar-refractivity contribution in [3.8, 4) is 0 Å². The van der Waals surface area contributed by atoms with Gasteiger partial charge in [0.15, 0.2) is 0 Å². The molecule has 0 bridgehead atoms. The zero-order valence-electron chi connectivity index (χ0n) is 30.8. The Morgan fingerprint density at radius 1 is 0.765 bits per heavy atom. The van der Waals surface area contributed by atoms with Crippen LogP contribution in [0.15, 0.2) is 33.5 Å². The molecule has 51 heavy (non-hydrogen) atoms. The Bertz CT molecular complexity index is 1650. The van der Waals surface area contributed by atoms with Crippen molar-refractivity contribution >= 4 is 52.4 Å². The van der Waals surface area contributed by atoms with Gasteiger partial charge in [-0.3, -0.25) is 9.59 Å². The van der Waals surface area contributed by atoms with Gasteiger partial charge in [0.05, 0.1) is 6.42 Å². The number of nitrogens with two attached hydrogens (primary N) is 1. The number of anilines is 1. The van der Waals surface area contributed by atoms with E-state index in [9.17, 15) is 33.6 Å². The number of carbonyl (C=O) groups is 6. The lowest BCUT2D eigenvalue weighted by Gasteiger charge is -2.27. The van der Waals surface area contributed by atoms with Gasteiger partial charge in [-0.25, -0.2) is 24.0 Å². The van der Waals surface area contributed by atoms with Crippen molar-refractivity contribution < 1.29 is 47.4 Å². The smallest absolute Gasteiger partial charge is 0.397 e. The number of rotatable bonds is 13. The van der Waals surface area contributed by atoms with Gasteiger partial charge in [-0.1, -0.05) is 0 Å². The molecule has 282 valence electrons. The van der Waals surface area contributed by atoms with E-state index in [1.807, 2.05) is 0 Å². The first kappa shape index (κ1) is 42.0. The Morgan fingerprint density at radius 2 is 1.33 bits per heavy atom. The Balaban J connectivity index is 2.04. The minimum absolute atomic E-state index is 0.0781. The maximum Gasteiger partial charge on any atom is 0.397 e. The molecule has 0 aliphatic carbocycles. The molecule has 2 rings (SSSR count). The molecular weight excluding hydrogens is 666 g/mol. The second kappa shape index (κ2) is 17.7. The molecule has 0 saturated carbocycles. The summed E-state index contributed by atoms with van der Waals surface area (Å²) in [5.74, 6) is -4.29. The van der Waals surface area contributed by atoms with Gasteiger partial charge in [0.1, 0.15) is 34.5 Å². The Kier molecular flexibility index (Phi) is 14.6. The molecule has 1 heterocycles. The fraction of sp³-hybridized carbons (Fsp3) is 0.571. The largest absolute Gasteiger partial charge is 0.458 e. The second-order valence-electron chi connectivity index (χ2n) is 14.9. The number of amides is 4. The quantitative estimate of drug-likeness (QED) is 0.0502. The van der Waals surface area contributed by atoms with Crippen molar-refractivity contribution in [2.45, 2.75) is 117 Å². The number of fused-ring (bicyclic) bond motifs is 1. The number of hydrogen-bond donors (Lipinski definition) is 5. The van der Waals surface area contributed by atoms with E-state index in [4.69, 9.17) is 24.4 Å². The van der Waals surface area contributed by atoms with Gasteiger partial charge in [-0.2, -0.15) is 0 Å². The van der Waals surface area contributed by atoms with Gasteiger partial charge in [0.2, 0.25) is 5.91 Å². The third-order valence-electron chi connectivity index (χ3n) is 6.49. The second-order valence-corrected chi connectivity index (χ2v) is 14.9. The normalized spacial score (nSPS) is 13.0. The number of benzene rings is 1. The summed E-state index contributed by atoms with van der Waals surface area (Å²) in [5, 5.41) is 10.5. The Hall–Kier alpha value is -5.15. The van der Waals surface area contributed by atoms with Crippen LogP contribution < -0.4 is 32.6 Å². The van der Waals surface area contributed by atoms with Crippen molar-refractivity contribution in [2.24, 2.45) is 0 Å². The number of unbranched alkanes of at least 4 members (excludes halogenated alkanes) is 1. The van der Waals surface area contributed by atoms with Crippen molar-refractivity contribution in [3.05, 3.63) is 40.2 Å². The molecule has 0 spiro atoms. The average Bonchev–Trinajstić information content (AvgIpc) is 2.95. The van der Waals surface area contributed by atoms with Crippen LogP contribution in [0.4, 0.5) is 10.5 Å². The fourth-order valence-corrected chi connectivity index (χ4v) is 4.47. The van der Waals surface area contributed by atoms with Crippen LogP contribution in [0, 0.1) is 0 Å². The molecule has 0 radical (unpaired) electrons. The molecule has 1 aromatic carbocycles. The zero-order chi connectivity index (χ0) is 38.7. The predicted molar refractivity (Wildman–Crippen MR) is 187 cm³/mol. The average molecular weight is 718 g/mol. The molecule has 4 amide bonds. The zero-order valence-corrected chi connectivity index (χ0v) is 30.8. The third-order valence-corrected chi connectivity index (χ3v) is 6.49. The highest BCUT2D eigenvalue weighted by molar-refractivity contribution is 6.32. The Labute approximate surface area is 296 Å². The highest BCUT2D eigenvalue weighted by Gasteiger charge is 2.32. The number of esters is 3. The van der Waals surface area contributed by atoms with Crippen LogP contribution in [0.25, 0.3) is 11.0 Å². The van der Waals surface area contributed by atoms with E-state index in [1.54, 1.807) is 74.4 Å². The lowest BCUT2D eigenvalue weighted by Crippen LogP contribution is -2.56.